The fraction of sp³-hybridized carbons (Fsp3) is 0.259. The summed E-state index contributed by atoms with van der Waals surface area (Å²) < 4.78 is 27.9. The largest absolute Gasteiger partial charge is 0.493 e. The number of nitrogens with zero attached hydrogens (tertiary/aromatic N) is 1. The Morgan fingerprint density at radius 2 is 1.66 bits per heavy atom. The van der Waals surface area contributed by atoms with Crippen molar-refractivity contribution in [3.63, 3.8) is 0 Å². The highest BCUT2D eigenvalue weighted by atomic mass is 16.5. The Morgan fingerprint density at radius 3 is 2.26 bits per heavy atom. The molecule has 1 heterocycles. The number of amides is 1. The molecule has 3 aromatic carbocycles. The van der Waals surface area contributed by atoms with Crippen molar-refractivity contribution in [3.8, 4) is 34.5 Å². The van der Waals surface area contributed by atoms with Crippen LogP contribution in [-0.4, -0.2) is 38.3 Å². The fourth-order valence-electron chi connectivity index (χ4n) is 3.54. The van der Waals surface area contributed by atoms with Crippen molar-refractivity contribution in [2.75, 3.05) is 26.6 Å². The SMILES string of the molecule is CC[C@H](C)Oc1ccc(C(=O)Nc2ccc3oc(-c4cc(OC)c(OC)c(OC)c4)nc3c2)cc1. The van der Waals surface area contributed by atoms with Crippen LogP contribution < -0.4 is 24.3 Å². The average Bonchev–Trinajstić information content (AvgIpc) is 3.31. The van der Waals surface area contributed by atoms with E-state index in [1.165, 1.54) is 0 Å². The predicted octanol–water partition coefficient (Wildman–Crippen LogP) is 5.95. The first-order valence-corrected chi connectivity index (χ1v) is 11.2. The Morgan fingerprint density at radius 1 is 0.971 bits per heavy atom. The summed E-state index contributed by atoms with van der Waals surface area (Å²) in [6, 6.07) is 15.9. The van der Waals surface area contributed by atoms with Gasteiger partial charge >= 0.3 is 0 Å². The van der Waals surface area contributed by atoms with Crippen molar-refractivity contribution in [3.05, 3.63) is 60.2 Å². The molecule has 0 bridgehead atoms. The summed E-state index contributed by atoms with van der Waals surface area (Å²) in [5.74, 6) is 2.38. The molecule has 182 valence electrons. The summed E-state index contributed by atoms with van der Waals surface area (Å²) in [7, 11) is 4.65. The number of ether oxygens (including phenoxy) is 4. The lowest BCUT2D eigenvalue weighted by Gasteiger charge is -2.12. The quantitative estimate of drug-likeness (QED) is 0.319. The van der Waals surface area contributed by atoms with Crippen molar-refractivity contribution in [1.29, 1.82) is 0 Å². The maximum Gasteiger partial charge on any atom is 0.255 e. The van der Waals surface area contributed by atoms with Crippen LogP contribution in [0.1, 0.15) is 30.6 Å². The number of hydrogen-bond donors (Lipinski definition) is 1. The van der Waals surface area contributed by atoms with Crippen LogP contribution in [0.25, 0.3) is 22.6 Å². The summed E-state index contributed by atoms with van der Waals surface area (Å²) in [6.07, 6.45) is 1.03. The molecule has 0 saturated heterocycles. The second-order valence-corrected chi connectivity index (χ2v) is 7.93. The van der Waals surface area contributed by atoms with E-state index in [1.54, 1.807) is 75.9 Å². The Kier molecular flexibility index (Phi) is 7.10. The minimum Gasteiger partial charge on any atom is -0.493 e. The number of rotatable bonds is 9. The van der Waals surface area contributed by atoms with Gasteiger partial charge < -0.3 is 28.7 Å². The zero-order valence-corrected chi connectivity index (χ0v) is 20.4. The van der Waals surface area contributed by atoms with E-state index in [0.717, 1.165) is 12.2 Å². The summed E-state index contributed by atoms with van der Waals surface area (Å²) in [5, 5.41) is 2.90. The van der Waals surface area contributed by atoms with E-state index in [2.05, 4.69) is 17.2 Å². The number of benzene rings is 3. The van der Waals surface area contributed by atoms with Crippen LogP contribution in [0.5, 0.6) is 23.0 Å². The second-order valence-electron chi connectivity index (χ2n) is 7.93. The van der Waals surface area contributed by atoms with E-state index >= 15 is 0 Å². The molecule has 0 radical (unpaired) electrons. The number of oxazole rings is 1. The van der Waals surface area contributed by atoms with E-state index in [-0.39, 0.29) is 12.0 Å². The number of carbonyl (C=O) groups excluding carboxylic acids is 1. The lowest BCUT2D eigenvalue weighted by Crippen LogP contribution is -2.12. The number of methoxy groups -OCH3 is 3. The summed E-state index contributed by atoms with van der Waals surface area (Å²) in [5.41, 5.74) is 2.98. The summed E-state index contributed by atoms with van der Waals surface area (Å²) >= 11 is 0. The van der Waals surface area contributed by atoms with Crippen LogP contribution in [0, 0.1) is 0 Å². The van der Waals surface area contributed by atoms with E-state index in [1.807, 2.05) is 6.92 Å². The highest BCUT2D eigenvalue weighted by molar-refractivity contribution is 6.05. The van der Waals surface area contributed by atoms with Crippen molar-refractivity contribution in [2.24, 2.45) is 0 Å². The third kappa shape index (κ3) is 5.16. The zero-order chi connectivity index (χ0) is 24.9. The number of carbonyl (C=O) groups is 1. The van der Waals surface area contributed by atoms with Crippen molar-refractivity contribution in [2.45, 2.75) is 26.4 Å². The van der Waals surface area contributed by atoms with Gasteiger partial charge in [-0.2, -0.15) is 0 Å². The fourth-order valence-corrected chi connectivity index (χ4v) is 3.54. The molecule has 0 fully saturated rings. The molecular weight excluding hydrogens is 448 g/mol. The van der Waals surface area contributed by atoms with Crippen LogP contribution in [0.4, 0.5) is 5.69 Å². The third-order valence-electron chi connectivity index (χ3n) is 5.59. The maximum atomic E-state index is 12.7. The van der Waals surface area contributed by atoms with Crippen LogP contribution in [0.2, 0.25) is 0 Å². The Bertz CT molecular complexity index is 1300. The number of nitrogens with one attached hydrogen (secondary N) is 1. The maximum absolute atomic E-state index is 12.7. The standard InChI is InChI=1S/C27H28N2O6/c1-6-16(2)34-20-10-7-17(8-11-20)26(30)28-19-9-12-22-21(15-19)29-27(35-22)18-13-23(31-3)25(33-5)24(14-18)32-4/h7-16H,6H2,1-5H3,(H,28,30)/t16-/m0/s1. The van der Waals surface area contributed by atoms with Crippen molar-refractivity contribution in [1.82, 2.24) is 4.98 Å². The van der Waals surface area contributed by atoms with Gasteiger partial charge in [0.1, 0.15) is 11.3 Å². The molecule has 1 amide bonds. The van der Waals surface area contributed by atoms with Gasteiger partial charge in [-0.1, -0.05) is 6.92 Å². The van der Waals surface area contributed by atoms with Crippen molar-refractivity contribution < 1.29 is 28.2 Å². The lowest BCUT2D eigenvalue weighted by molar-refractivity contribution is 0.102. The topological polar surface area (TPSA) is 92.1 Å². The van der Waals surface area contributed by atoms with Gasteiger partial charge in [0, 0.05) is 16.8 Å². The molecule has 4 aromatic rings. The van der Waals surface area contributed by atoms with Gasteiger partial charge in [-0.15, -0.1) is 0 Å². The molecule has 35 heavy (non-hydrogen) atoms. The van der Waals surface area contributed by atoms with E-state index < -0.39 is 0 Å². The van der Waals surface area contributed by atoms with Gasteiger partial charge in [0.15, 0.2) is 17.1 Å². The highest BCUT2D eigenvalue weighted by Crippen LogP contribution is 2.41. The van der Waals surface area contributed by atoms with Crippen LogP contribution in [0.15, 0.2) is 59.0 Å². The zero-order valence-electron chi connectivity index (χ0n) is 20.4. The number of hydrogen-bond acceptors (Lipinski definition) is 7. The first kappa shape index (κ1) is 23.9. The number of aromatic nitrogens is 1. The molecule has 0 unspecified atom stereocenters. The predicted molar refractivity (Wildman–Crippen MR) is 134 cm³/mol. The van der Waals surface area contributed by atoms with Crippen LogP contribution in [-0.2, 0) is 0 Å². The Labute approximate surface area is 203 Å². The van der Waals surface area contributed by atoms with Gasteiger partial charge in [-0.05, 0) is 67.9 Å². The average molecular weight is 477 g/mol. The van der Waals surface area contributed by atoms with Gasteiger partial charge in [0.25, 0.3) is 5.91 Å². The molecular formula is C27H28N2O6. The van der Waals surface area contributed by atoms with Gasteiger partial charge in [0.2, 0.25) is 11.6 Å². The lowest BCUT2D eigenvalue weighted by atomic mass is 10.2. The minimum absolute atomic E-state index is 0.119. The first-order chi connectivity index (χ1) is 16.9. The monoisotopic (exact) mass is 476 g/mol. The molecule has 8 heteroatoms. The van der Waals surface area contributed by atoms with Crippen LogP contribution in [0.3, 0.4) is 0 Å². The van der Waals surface area contributed by atoms with Gasteiger partial charge in [-0.25, -0.2) is 4.98 Å². The van der Waals surface area contributed by atoms with E-state index in [0.29, 0.717) is 51.1 Å². The molecule has 1 aromatic heterocycles. The molecule has 4 rings (SSSR count). The molecule has 0 aliphatic rings. The van der Waals surface area contributed by atoms with E-state index in [9.17, 15) is 4.79 Å². The minimum atomic E-state index is -0.229. The summed E-state index contributed by atoms with van der Waals surface area (Å²) in [4.78, 5) is 17.3. The smallest absolute Gasteiger partial charge is 0.255 e. The molecule has 1 atom stereocenters. The molecule has 1 N–H and O–H groups in total. The van der Waals surface area contributed by atoms with Gasteiger partial charge in [0.05, 0.1) is 27.4 Å². The molecule has 8 nitrogen and oxygen atoms in total. The first-order valence-electron chi connectivity index (χ1n) is 11.2. The summed E-state index contributed by atoms with van der Waals surface area (Å²) in [6.45, 7) is 4.07. The second kappa shape index (κ2) is 10.4. The highest BCUT2D eigenvalue weighted by Gasteiger charge is 2.18. The van der Waals surface area contributed by atoms with Crippen LogP contribution >= 0.6 is 0 Å². The third-order valence-corrected chi connectivity index (χ3v) is 5.59. The number of fused-ring (bicyclic) bond motifs is 1. The molecule has 0 aliphatic heterocycles. The van der Waals surface area contributed by atoms with Crippen molar-refractivity contribution >= 4 is 22.7 Å². The van der Waals surface area contributed by atoms with E-state index in [4.69, 9.17) is 23.4 Å². The normalized spacial score (nSPS) is 11.7. The van der Waals surface area contributed by atoms with Gasteiger partial charge in [-0.3, -0.25) is 4.79 Å². The number of anilines is 1. The Hall–Kier alpha value is -4.20. The molecule has 0 saturated carbocycles. The molecule has 0 spiro atoms. The molecule has 0 aliphatic carbocycles. The Balaban J connectivity index is 1.55.